The topological polar surface area (TPSA) is 44.1 Å². The van der Waals surface area contributed by atoms with Gasteiger partial charge in [-0.1, -0.05) is 0 Å². The van der Waals surface area contributed by atoms with E-state index in [1.807, 2.05) is 0 Å². The van der Waals surface area contributed by atoms with Crippen LogP contribution in [0.5, 0.6) is 0 Å². The monoisotopic (exact) mass is 166 g/mol. The molecule has 0 spiro atoms. The molecule has 1 heterocycles. The highest BCUT2D eigenvalue weighted by molar-refractivity contribution is 5.77. The Morgan fingerprint density at radius 1 is 1.58 bits per heavy atom. The molecule has 0 unspecified atom stereocenters. The SMILES string of the molecule is CC(=O)CN1CCC(C#N)CC1. The van der Waals surface area contributed by atoms with Gasteiger partial charge < -0.3 is 0 Å². The first-order valence-electron chi connectivity index (χ1n) is 4.34. The number of hydrogen-bond donors (Lipinski definition) is 0. The fourth-order valence-corrected chi connectivity index (χ4v) is 1.54. The largest absolute Gasteiger partial charge is 0.299 e. The molecule has 0 N–H and O–H groups in total. The van der Waals surface area contributed by atoms with Gasteiger partial charge in [-0.25, -0.2) is 0 Å². The Bertz CT molecular complexity index is 199. The van der Waals surface area contributed by atoms with Crippen molar-refractivity contribution in [1.29, 1.82) is 5.26 Å². The van der Waals surface area contributed by atoms with Crippen molar-refractivity contribution >= 4 is 5.78 Å². The summed E-state index contributed by atoms with van der Waals surface area (Å²) in [6.45, 7) is 3.96. The summed E-state index contributed by atoms with van der Waals surface area (Å²) in [6.07, 6.45) is 1.84. The molecule has 0 atom stereocenters. The Hall–Kier alpha value is -0.880. The first-order chi connectivity index (χ1) is 5.72. The molecule has 66 valence electrons. The molecule has 0 bridgehead atoms. The second-order valence-electron chi connectivity index (χ2n) is 3.38. The fourth-order valence-electron chi connectivity index (χ4n) is 1.54. The van der Waals surface area contributed by atoms with Crippen LogP contribution >= 0.6 is 0 Å². The van der Waals surface area contributed by atoms with Crippen molar-refractivity contribution < 1.29 is 4.79 Å². The number of likely N-dealkylation sites (tertiary alicyclic amines) is 1. The average molecular weight is 166 g/mol. The van der Waals surface area contributed by atoms with Gasteiger partial charge in [0.1, 0.15) is 5.78 Å². The van der Waals surface area contributed by atoms with Crippen LogP contribution in [0.1, 0.15) is 19.8 Å². The van der Waals surface area contributed by atoms with Gasteiger partial charge in [0.05, 0.1) is 12.6 Å². The van der Waals surface area contributed by atoms with Gasteiger partial charge in [0.2, 0.25) is 0 Å². The molecular weight excluding hydrogens is 152 g/mol. The van der Waals surface area contributed by atoms with E-state index in [1.54, 1.807) is 6.92 Å². The number of hydrogen-bond acceptors (Lipinski definition) is 3. The van der Waals surface area contributed by atoms with Gasteiger partial charge in [0.25, 0.3) is 0 Å². The Balaban J connectivity index is 2.27. The van der Waals surface area contributed by atoms with Crippen molar-refractivity contribution in [2.45, 2.75) is 19.8 Å². The van der Waals surface area contributed by atoms with E-state index in [1.165, 1.54) is 0 Å². The molecular formula is C9H14N2O. The van der Waals surface area contributed by atoms with Crippen molar-refractivity contribution in [3.8, 4) is 6.07 Å². The number of rotatable bonds is 2. The maximum Gasteiger partial charge on any atom is 0.143 e. The Morgan fingerprint density at radius 3 is 2.58 bits per heavy atom. The van der Waals surface area contributed by atoms with Crippen molar-refractivity contribution in [2.24, 2.45) is 5.92 Å². The molecule has 3 nitrogen and oxygen atoms in total. The standard InChI is InChI=1S/C9H14N2O/c1-8(12)7-11-4-2-9(6-10)3-5-11/h9H,2-5,7H2,1H3. The zero-order valence-electron chi connectivity index (χ0n) is 7.42. The molecule has 12 heavy (non-hydrogen) atoms. The average Bonchev–Trinajstić information content (AvgIpc) is 2.05. The second-order valence-corrected chi connectivity index (χ2v) is 3.38. The highest BCUT2D eigenvalue weighted by Gasteiger charge is 2.18. The lowest BCUT2D eigenvalue weighted by Gasteiger charge is -2.27. The van der Waals surface area contributed by atoms with Gasteiger partial charge in [-0.15, -0.1) is 0 Å². The van der Waals surface area contributed by atoms with E-state index in [9.17, 15) is 4.79 Å². The van der Waals surface area contributed by atoms with E-state index in [0.29, 0.717) is 6.54 Å². The predicted octanol–water partition coefficient (Wildman–Crippen LogP) is 0.811. The highest BCUT2D eigenvalue weighted by atomic mass is 16.1. The van der Waals surface area contributed by atoms with Crippen molar-refractivity contribution in [3.63, 3.8) is 0 Å². The summed E-state index contributed by atoms with van der Waals surface area (Å²) in [5.74, 6) is 0.429. The zero-order chi connectivity index (χ0) is 8.97. The minimum Gasteiger partial charge on any atom is -0.299 e. The van der Waals surface area contributed by atoms with Crippen LogP contribution in [0.4, 0.5) is 0 Å². The Labute approximate surface area is 73.0 Å². The Kier molecular flexibility index (Phi) is 3.24. The highest BCUT2D eigenvalue weighted by Crippen LogP contribution is 2.15. The molecule has 0 saturated carbocycles. The van der Waals surface area contributed by atoms with Gasteiger partial charge >= 0.3 is 0 Å². The van der Waals surface area contributed by atoms with Crippen LogP contribution in [0, 0.1) is 17.2 Å². The van der Waals surface area contributed by atoms with Crippen LogP contribution in [0.15, 0.2) is 0 Å². The third-order valence-electron chi connectivity index (χ3n) is 2.22. The van der Waals surface area contributed by atoms with Gasteiger partial charge in [-0.05, 0) is 32.9 Å². The van der Waals surface area contributed by atoms with Crippen LogP contribution in [0.2, 0.25) is 0 Å². The first kappa shape index (κ1) is 9.21. The number of piperidine rings is 1. The molecule has 1 rings (SSSR count). The van der Waals surface area contributed by atoms with Crippen molar-refractivity contribution in [1.82, 2.24) is 4.90 Å². The van der Waals surface area contributed by atoms with Gasteiger partial charge in [0, 0.05) is 5.92 Å². The number of carbonyl (C=O) groups excluding carboxylic acids is 1. The molecule has 1 saturated heterocycles. The van der Waals surface area contributed by atoms with E-state index >= 15 is 0 Å². The van der Waals surface area contributed by atoms with Crippen LogP contribution in [-0.4, -0.2) is 30.3 Å². The van der Waals surface area contributed by atoms with Gasteiger partial charge in [0.15, 0.2) is 0 Å². The summed E-state index contributed by atoms with van der Waals surface area (Å²) >= 11 is 0. The van der Waals surface area contributed by atoms with Gasteiger partial charge in [-0.2, -0.15) is 5.26 Å². The molecule has 3 heteroatoms. The molecule has 0 aromatic heterocycles. The number of nitriles is 1. The number of nitrogens with zero attached hydrogens (tertiary/aromatic N) is 2. The summed E-state index contributed by atoms with van der Waals surface area (Å²) in [5, 5.41) is 8.62. The maximum absolute atomic E-state index is 10.8. The van der Waals surface area contributed by atoms with Crippen LogP contribution in [0.3, 0.4) is 0 Å². The van der Waals surface area contributed by atoms with Crippen LogP contribution < -0.4 is 0 Å². The van der Waals surface area contributed by atoms with E-state index in [2.05, 4.69) is 11.0 Å². The van der Waals surface area contributed by atoms with E-state index in [-0.39, 0.29) is 11.7 Å². The summed E-state index contributed by atoms with van der Waals surface area (Å²) in [5.41, 5.74) is 0. The Morgan fingerprint density at radius 2 is 2.17 bits per heavy atom. The van der Waals surface area contributed by atoms with Crippen LogP contribution in [0.25, 0.3) is 0 Å². The predicted molar refractivity (Wildman–Crippen MR) is 45.5 cm³/mol. The third kappa shape index (κ3) is 2.63. The number of Topliss-reactive ketones (excluding diaryl/α,β-unsaturated/α-hetero) is 1. The molecule has 0 amide bonds. The normalized spacial score (nSPS) is 20.3. The zero-order valence-corrected chi connectivity index (χ0v) is 7.42. The summed E-state index contributed by atoms with van der Waals surface area (Å²) in [4.78, 5) is 12.9. The number of ketones is 1. The summed E-state index contributed by atoms with van der Waals surface area (Å²) in [6, 6.07) is 2.27. The fraction of sp³-hybridized carbons (Fsp3) is 0.778. The third-order valence-corrected chi connectivity index (χ3v) is 2.22. The van der Waals surface area contributed by atoms with Crippen molar-refractivity contribution in [3.05, 3.63) is 0 Å². The molecule has 0 radical (unpaired) electrons. The smallest absolute Gasteiger partial charge is 0.143 e. The number of carbonyl (C=O) groups is 1. The molecule has 1 fully saturated rings. The second kappa shape index (κ2) is 4.22. The molecule has 0 aromatic rings. The molecule has 0 aliphatic carbocycles. The molecule has 1 aliphatic heterocycles. The lowest BCUT2D eigenvalue weighted by molar-refractivity contribution is -0.118. The van der Waals surface area contributed by atoms with E-state index in [0.717, 1.165) is 25.9 Å². The lowest BCUT2D eigenvalue weighted by Crippen LogP contribution is -2.36. The minimum atomic E-state index is 0.213. The maximum atomic E-state index is 10.8. The van der Waals surface area contributed by atoms with E-state index in [4.69, 9.17) is 5.26 Å². The van der Waals surface area contributed by atoms with Crippen LogP contribution in [-0.2, 0) is 4.79 Å². The van der Waals surface area contributed by atoms with Gasteiger partial charge in [-0.3, -0.25) is 9.69 Å². The quantitative estimate of drug-likeness (QED) is 0.609. The lowest BCUT2D eigenvalue weighted by atomic mass is 9.98. The first-order valence-corrected chi connectivity index (χ1v) is 4.34. The minimum absolute atomic E-state index is 0.213. The summed E-state index contributed by atoms with van der Waals surface area (Å²) < 4.78 is 0. The van der Waals surface area contributed by atoms with E-state index < -0.39 is 0 Å². The van der Waals surface area contributed by atoms with Crippen molar-refractivity contribution in [2.75, 3.05) is 19.6 Å². The molecule has 0 aromatic carbocycles. The summed E-state index contributed by atoms with van der Waals surface area (Å²) in [7, 11) is 0. The molecule has 1 aliphatic rings.